The van der Waals surface area contributed by atoms with Gasteiger partial charge in [0.15, 0.2) is 11.4 Å². The SMILES string of the molecule is CC(C)C1Cc2c(nc3c(OC(F)F)cccn23)-c2[nH]c(=O)c(C(=O)O)cc21. The second kappa shape index (κ2) is 6.43. The summed E-state index contributed by atoms with van der Waals surface area (Å²) in [6.07, 6.45) is 2.22. The summed E-state index contributed by atoms with van der Waals surface area (Å²) in [6.45, 7) is 1.01. The van der Waals surface area contributed by atoms with Crippen molar-refractivity contribution >= 4 is 11.6 Å². The fraction of sp³-hybridized carbons (Fsp3) is 0.316. The van der Waals surface area contributed by atoms with E-state index >= 15 is 0 Å². The van der Waals surface area contributed by atoms with Crippen LogP contribution in [0.4, 0.5) is 8.78 Å². The predicted molar refractivity (Wildman–Crippen MR) is 96.1 cm³/mol. The van der Waals surface area contributed by atoms with Gasteiger partial charge >= 0.3 is 12.6 Å². The minimum Gasteiger partial charge on any atom is -0.477 e. The summed E-state index contributed by atoms with van der Waals surface area (Å²) in [5.74, 6) is -1.30. The zero-order valence-electron chi connectivity index (χ0n) is 15.1. The fourth-order valence-corrected chi connectivity index (χ4v) is 3.78. The summed E-state index contributed by atoms with van der Waals surface area (Å²) in [7, 11) is 0. The monoisotopic (exact) mass is 389 g/mol. The normalized spacial score (nSPS) is 15.7. The highest BCUT2D eigenvalue weighted by Gasteiger charge is 2.33. The molecule has 0 fully saturated rings. The van der Waals surface area contributed by atoms with Crippen molar-refractivity contribution < 1.29 is 23.4 Å². The van der Waals surface area contributed by atoms with Gasteiger partial charge in [0.05, 0.1) is 11.4 Å². The van der Waals surface area contributed by atoms with Crippen molar-refractivity contribution in [2.24, 2.45) is 5.92 Å². The summed E-state index contributed by atoms with van der Waals surface area (Å²) in [4.78, 5) is 30.7. The van der Waals surface area contributed by atoms with E-state index in [2.05, 4.69) is 14.7 Å². The van der Waals surface area contributed by atoms with Gasteiger partial charge in [0.2, 0.25) is 0 Å². The molecule has 9 heteroatoms. The van der Waals surface area contributed by atoms with Crippen LogP contribution in [0.2, 0.25) is 0 Å². The predicted octanol–water partition coefficient (Wildman–Crippen LogP) is 3.28. The Bertz CT molecular complexity index is 1150. The van der Waals surface area contributed by atoms with Crippen LogP contribution in [-0.2, 0) is 6.42 Å². The van der Waals surface area contributed by atoms with E-state index in [1.165, 1.54) is 12.1 Å². The number of nitrogens with zero attached hydrogens (tertiary/aromatic N) is 2. The molecule has 7 nitrogen and oxygen atoms in total. The quantitative estimate of drug-likeness (QED) is 0.714. The van der Waals surface area contributed by atoms with Crippen LogP contribution in [0.15, 0.2) is 29.2 Å². The van der Waals surface area contributed by atoms with E-state index in [0.717, 1.165) is 5.69 Å². The zero-order chi connectivity index (χ0) is 20.2. The second-order valence-corrected chi connectivity index (χ2v) is 7.05. The van der Waals surface area contributed by atoms with E-state index < -0.39 is 18.1 Å². The molecule has 1 atom stereocenters. The number of carbonyl (C=O) groups is 1. The number of ether oxygens (including phenoxy) is 1. The third kappa shape index (κ3) is 2.74. The van der Waals surface area contributed by atoms with Crippen molar-refractivity contribution in [3.63, 3.8) is 0 Å². The Labute approximate surface area is 157 Å². The van der Waals surface area contributed by atoms with E-state index in [9.17, 15) is 23.5 Å². The lowest BCUT2D eigenvalue weighted by atomic mass is 9.79. The number of aromatic carboxylic acids is 1. The van der Waals surface area contributed by atoms with E-state index in [1.807, 2.05) is 13.8 Å². The third-order valence-corrected chi connectivity index (χ3v) is 5.09. The van der Waals surface area contributed by atoms with Crippen molar-refractivity contribution in [3.05, 3.63) is 51.6 Å². The van der Waals surface area contributed by atoms with Crippen LogP contribution in [0, 0.1) is 5.92 Å². The first-order valence-electron chi connectivity index (χ1n) is 8.73. The first-order chi connectivity index (χ1) is 13.3. The topological polar surface area (TPSA) is 96.7 Å². The molecule has 28 heavy (non-hydrogen) atoms. The molecule has 0 aromatic carbocycles. The van der Waals surface area contributed by atoms with Gasteiger partial charge in [-0.2, -0.15) is 8.78 Å². The van der Waals surface area contributed by atoms with Crippen LogP contribution in [0.25, 0.3) is 17.0 Å². The number of hydrogen-bond acceptors (Lipinski definition) is 4. The molecule has 0 saturated heterocycles. The second-order valence-electron chi connectivity index (χ2n) is 7.05. The zero-order valence-corrected chi connectivity index (χ0v) is 15.1. The molecule has 1 aliphatic rings. The van der Waals surface area contributed by atoms with Crippen LogP contribution in [-0.4, -0.2) is 32.1 Å². The lowest BCUT2D eigenvalue weighted by molar-refractivity contribution is -0.0491. The van der Waals surface area contributed by atoms with Crippen LogP contribution in [0.1, 0.15) is 41.4 Å². The number of carboxylic acids is 1. The molecule has 0 bridgehead atoms. The van der Waals surface area contributed by atoms with Crippen LogP contribution < -0.4 is 10.3 Å². The molecular formula is C19H17F2N3O4. The van der Waals surface area contributed by atoms with Crippen molar-refractivity contribution in [3.8, 4) is 17.1 Å². The number of H-pyrrole nitrogens is 1. The summed E-state index contributed by atoms with van der Waals surface area (Å²) < 4.78 is 31.7. The molecule has 1 aliphatic carbocycles. The van der Waals surface area contributed by atoms with Crippen molar-refractivity contribution in [1.82, 2.24) is 14.4 Å². The first-order valence-corrected chi connectivity index (χ1v) is 8.73. The third-order valence-electron chi connectivity index (χ3n) is 5.09. The summed E-state index contributed by atoms with van der Waals surface area (Å²) in [5.41, 5.74) is 1.43. The van der Waals surface area contributed by atoms with Crippen molar-refractivity contribution in [2.45, 2.75) is 32.8 Å². The molecule has 3 heterocycles. The lowest BCUT2D eigenvalue weighted by Gasteiger charge is -2.28. The van der Waals surface area contributed by atoms with Gasteiger partial charge in [0, 0.05) is 6.20 Å². The number of rotatable bonds is 4. The molecular weight excluding hydrogens is 372 g/mol. The lowest BCUT2D eigenvalue weighted by Crippen LogP contribution is -2.25. The minimum absolute atomic E-state index is 0.0703. The van der Waals surface area contributed by atoms with Gasteiger partial charge in [-0.25, -0.2) is 9.78 Å². The number of halogens is 2. The number of fused-ring (bicyclic) bond motifs is 5. The maximum absolute atomic E-state index is 12.7. The van der Waals surface area contributed by atoms with Gasteiger partial charge in [0.1, 0.15) is 11.3 Å². The standard InChI is InChI=1S/C19H17F2N3O4/c1-8(2)9-7-12-15(14-10(9)6-11(18(26)27)17(25)23-14)22-16-13(28-19(20)21)4-3-5-24(12)16/h3-6,8-9,19H,7H2,1-2H3,(H,23,25)(H,26,27). The molecule has 0 saturated carbocycles. The molecule has 3 aromatic heterocycles. The highest BCUT2D eigenvalue weighted by Crippen LogP contribution is 2.42. The number of imidazole rings is 1. The Balaban J connectivity index is 2.01. The average molecular weight is 389 g/mol. The Kier molecular flexibility index (Phi) is 4.17. The van der Waals surface area contributed by atoms with Crippen LogP contribution in [0.3, 0.4) is 0 Å². The molecule has 0 amide bonds. The van der Waals surface area contributed by atoms with Crippen LogP contribution in [0.5, 0.6) is 5.75 Å². The molecule has 146 valence electrons. The van der Waals surface area contributed by atoms with Gasteiger partial charge in [-0.1, -0.05) is 13.8 Å². The Morgan fingerprint density at radius 2 is 2.18 bits per heavy atom. The van der Waals surface area contributed by atoms with Gasteiger partial charge in [-0.05, 0) is 42.0 Å². The Morgan fingerprint density at radius 3 is 2.82 bits per heavy atom. The number of pyridine rings is 2. The Morgan fingerprint density at radius 1 is 1.43 bits per heavy atom. The smallest absolute Gasteiger partial charge is 0.387 e. The van der Waals surface area contributed by atoms with Gasteiger partial charge < -0.3 is 19.2 Å². The largest absolute Gasteiger partial charge is 0.477 e. The van der Waals surface area contributed by atoms with Crippen molar-refractivity contribution in [2.75, 3.05) is 0 Å². The fourth-order valence-electron chi connectivity index (χ4n) is 3.78. The number of carboxylic acid groups (broad SMARTS) is 1. The Hall–Kier alpha value is -3.23. The highest BCUT2D eigenvalue weighted by molar-refractivity contribution is 5.88. The van der Waals surface area contributed by atoms with E-state index in [1.54, 1.807) is 16.7 Å². The number of nitrogens with one attached hydrogen (secondary N) is 1. The number of hydrogen-bond donors (Lipinski definition) is 2. The maximum Gasteiger partial charge on any atom is 0.387 e. The molecule has 3 aromatic rings. The van der Waals surface area contributed by atoms with E-state index in [4.69, 9.17) is 0 Å². The van der Waals surface area contributed by atoms with Crippen LogP contribution >= 0.6 is 0 Å². The highest BCUT2D eigenvalue weighted by atomic mass is 19.3. The number of aromatic nitrogens is 3. The van der Waals surface area contributed by atoms with E-state index in [-0.39, 0.29) is 28.8 Å². The van der Waals surface area contributed by atoms with Crippen molar-refractivity contribution in [1.29, 1.82) is 0 Å². The van der Waals surface area contributed by atoms with Gasteiger partial charge in [-0.15, -0.1) is 0 Å². The molecule has 0 spiro atoms. The molecule has 4 rings (SSSR count). The summed E-state index contributed by atoms with van der Waals surface area (Å²) in [5, 5.41) is 9.29. The molecule has 1 unspecified atom stereocenters. The van der Waals surface area contributed by atoms with E-state index in [0.29, 0.717) is 23.4 Å². The first kappa shape index (κ1) is 18.1. The minimum atomic E-state index is -2.99. The molecule has 2 N–H and O–H groups in total. The number of aromatic amines is 1. The summed E-state index contributed by atoms with van der Waals surface area (Å²) in [6, 6.07) is 4.38. The van der Waals surface area contributed by atoms with Gasteiger partial charge in [0.25, 0.3) is 5.56 Å². The molecule has 0 aliphatic heterocycles. The maximum atomic E-state index is 12.7. The number of alkyl halides is 2. The molecule has 0 radical (unpaired) electrons. The summed E-state index contributed by atoms with van der Waals surface area (Å²) >= 11 is 0. The average Bonchev–Trinajstić information content (AvgIpc) is 2.99. The van der Waals surface area contributed by atoms with Gasteiger partial charge in [-0.3, -0.25) is 4.79 Å².